The van der Waals surface area contributed by atoms with Crippen LogP contribution in [-0.4, -0.2) is 29.5 Å². The zero-order valence-electron chi connectivity index (χ0n) is 8.71. The van der Waals surface area contributed by atoms with E-state index < -0.39 is 12.0 Å². The Balaban J connectivity index is 3.47. The van der Waals surface area contributed by atoms with Crippen molar-refractivity contribution < 1.29 is 9.90 Å². The van der Waals surface area contributed by atoms with Crippen LogP contribution in [0.5, 0.6) is 0 Å². The Morgan fingerprint density at radius 3 is 2.57 bits per heavy atom. The van der Waals surface area contributed by atoms with Crippen molar-refractivity contribution in [3.63, 3.8) is 0 Å². The number of hydrogen-bond donors (Lipinski definition) is 4. The molecule has 5 nitrogen and oxygen atoms in total. The molecular weight excluding hydrogens is 182 g/mol. The van der Waals surface area contributed by atoms with Crippen molar-refractivity contribution in [2.75, 3.05) is 6.54 Å². The van der Waals surface area contributed by atoms with Gasteiger partial charge >= 0.3 is 5.97 Å². The van der Waals surface area contributed by atoms with E-state index in [9.17, 15) is 4.79 Å². The largest absolute Gasteiger partial charge is 0.480 e. The second-order valence-electron chi connectivity index (χ2n) is 3.58. The zero-order valence-corrected chi connectivity index (χ0v) is 8.71. The van der Waals surface area contributed by atoms with E-state index in [0.717, 1.165) is 0 Å². The molecule has 0 saturated heterocycles. The molecule has 0 unspecified atom stereocenters. The smallest absolute Gasteiger partial charge is 0.320 e. The summed E-state index contributed by atoms with van der Waals surface area (Å²) < 4.78 is 0. The van der Waals surface area contributed by atoms with Crippen molar-refractivity contribution in [1.82, 2.24) is 5.32 Å². The second-order valence-corrected chi connectivity index (χ2v) is 3.58. The van der Waals surface area contributed by atoms with E-state index in [4.69, 9.17) is 16.2 Å². The highest BCUT2D eigenvalue weighted by Crippen LogP contribution is 1.95. The van der Waals surface area contributed by atoms with Gasteiger partial charge in [0, 0.05) is 12.5 Å². The quantitative estimate of drug-likeness (QED) is 0.284. The van der Waals surface area contributed by atoms with Crippen LogP contribution in [-0.2, 0) is 4.79 Å². The van der Waals surface area contributed by atoms with Crippen molar-refractivity contribution in [3.8, 4) is 0 Å². The summed E-state index contributed by atoms with van der Waals surface area (Å²) in [5.41, 5.74) is 5.31. The van der Waals surface area contributed by atoms with Gasteiger partial charge in [0.1, 0.15) is 6.04 Å². The predicted octanol–water partition coefficient (Wildman–Crippen LogP) is 0.401. The molecule has 1 atom stereocenters. The molecule has 0 amide bonds. The summed E-state index contributed by atoms with van der Waals surface area (Å²) in [4.78, 5) is 10.3. The topological polar surface area (TPSA) is 99.2 Å². The minimum atomic E-state index is -0.969. The van der Waals surface area contributed by atoms with Crippen LogP contribution in [0.25, 0.3) is 0 Å². The van der Waals surface area contributed by atoms with E-state index in [1.165, 1.54) is 0 Å². The third-order valence-electron chi connectivity index (χ3n) is 1.90. The van der Waals surface area contributed by atoms with Gasteiger partial charge in [0.05, 0.1) is 5.84 Å². The molecule has 0 aromatic carbocycles. The van der Waals surface area contributed by atoms with Gasteiger partial charge in [0.25, 0.3) is 0 Å². The lowest BCUT2D eigenvalue weighted by molar-refractivity contribution is -0.138. The van der Waals surface area contributed by atoms with E-state index in [1.807, 2.05) is 13.8 Å². The lowest BCUT2D eigenvalue weighted by Gasteiger charge is -2.11. The van der Waals surface area contributed by atoms with Crippen molar-refractivity contribution >= 4 is 11.8 Å². The Morgan fingerprint density at radius 2 is 2.14 bits per heavy atom. The molecule has 5 N–H and O–H groups in total. The summed E-state index contributed by atoms with van der Waals surface area (Å²) in [6, 6.07) is -0.787. The molecule has 0 fully saturated rings. The maximum atomic E-state index is 10.3. The van der Waals surface area contributed by atoms with E-state index in [1.54, 1.807) is 0 Å². The van der Waals surface area contributed by atoms with Crippen molar-refractivity contribution in [3.05, 3.63) is 0 Å². The lowest BCUT2D eigenvalue weighted by atomic mass is 10.1. The minimum Gasteiger partial charge on any atom is -0.480 e. The number of rotatable bonds is 6. The molecule has 14 heavy (non-hydrogen) atoms. The first kappa shape index (κ1) is 12.9. The highest BCUT2D eigenvalue weighted by molar-refractivity contribution is 5.80. The van der Waals surface area contributed by atoms with E-state index >= 15 is 0 Å². The molecule has 0 spiro atoms. The molecule has 0 radical (unpaired) electrons. The molecule has 5 heteroatoms. The Morgan fingerprint density at radius 1 is 1.57 bits per heavy atom. The third kappa shape index (κ3) is 5.53. The molecule has 0 aromatic heterocycles. The number of carbonyl (C=O) groups is 1. The van der Waals surface area contributed by atoms with Crippen LogP contribution in [0.15, 0.2) is 0 Å². The van der Waals surface area contributed by atoms with Gasteiger partial charge in [-0.1, -0.05) is 13.8 Å². The van der Waals surface area contributed by atoms with Gasteiger partial charge in [-0.25, -0.2) is 0 Å². The molecule has 0 aliphatic rings. The van der Waals surface area contributed by atoms with Crippen molar-refractivity contribution in [2.45, 2.75) is 32.7 Å². The summed E-state index contributed by atoms with van der Waals surface area (Å²) in [7, 11) is 0. The van der Waals surface area contributed by atoms with Gasteiger partial charge in [0.15, 0.2) is 0 Å². The van der Waals surface area contributed by atoms with Gasteiger partial charge < -0.3 is 16.2 Å². The number of aliphatic carboxylic acids is 1. The van der Waals surface area contributed by atoms with Gasteiger partial charge in [0.2, 0.25) is 0 Å². The number of nitrogens with two attached hydrogens (primary N) is 1. The first-order chi connectivity index (χ1) is 6.45. The molecular formula is C9H19N3O2. The number of hydrogen-bond acceptors (Lipinski definition) is 3. The molecule has 0 bridgehead atoms. The van der Waals surface area contributed by atoms with Crippen molar-refractivity contribution in [2.24, 2.45) is 11.7 Å². The first-order valence-corrected chi connectivity index (χ1v) is 4.75. The van der Waals surface area contributed by atoms with Crippen LogP contribution in [0.1, 0.15) is 26.7 Å². The molecule has 0 aliphatic heterocycles. The van der Waals surface area contributed by atoms with Gasteiger partial charge in [-0.2, -0.15) is 0 Å². The SMILES string of the molecule is CC(C)C(=N)NCCC[C@H](N)C(=O)O. The Kier molecular flexibility index (Phi) is 5.87. The maximum absolute atomic E-state index is 10.3. The fraction of sp³-hybridized carbons (Fsp3) is 0.778. The Hall–Kier alpha value is -1.10. The number of carboxylic acid groups (broad SMARTS) is 1. The van der Waals surface area contributed by atoms with E-state index in [2.05, 4.69) is 5.32 Å². The molecule has 82 valence electrons. The van der Waals surface area contributed by atoms with E-state index in [-0.39, 0.29) is 5.92 Å². The molecule has 0 rings (SSSR count). The average molecular weight is 201 g/mol. The van der Waals surface area contributed by atoms with Crippen LogP contribution in [0, 0.1) is 11.3 Å². The summed E-state index contributed by atoms with van der Waals surface area (Å²) >= 11 is 0. The fourth-order valence-electron chi connectivity index (χ4n) is 0.873. The van der Waals surface area contributed by atoms with Crippen LogP contribution in [0.3, 0.4) is 0 Å². The number of nitrogens with one attached hydrogen (secondary N) is 2. The van der Waals surface area contributed by atoms with E-state index in [0.29, 0.717) is 25.2 Å². The minimum absolute atomic E-state index is 0.183. The molecule has 0 aliphatic carbocycles. The molecule has 0 heterocycles. The summed E-state index contributed by atoms with van der Waals surface area (Å²) in [5, 5.41) is 18.9. The zero-order chi connectivity index (χ0) is 11.1. The number of amidine groups is 1. The summed E-state index contributed by atoms with van der Waals surface area (Å²) in [6.45, 7) is 4.47. The standard InChI is InChI=1S/C9H19N3O2/c1-6(2)8(11)12-5-3-4-7(10)9(13)14/h6-7H,3-5,10H2,1-2H3,(H2,11,12)(H,13,14)/t7-/m0/s1. The molecule has 0 aromatic rings. The maximum Gasteiger partial charge on any atom is 0.320 e. The van der Waals surface area contributed by atoms with Gasteiger partial charge in [-0.3, -0.25) is 10.2 Å². The average Bonchev–Trinajstić information content (AvgIpc) is 2.11. The fourth-order valence-corrected chi connectivity index (χ4v) is 0.873. The van der Waals surface area contributed by atoms with Crippen LogP contribution in [0.2, 0.25) is 0 Å². The molecule has 0 saturated carbocycles. The van der Waals surface area contributed by atoms with Crippen LogP contribution >= 0.6 is 0 Å². The Bertz CT molecular complexity index is 204. The summed E-state index contributed by atoms with van der Waals surface area (Å²) in [6.07, 6.45) is 1.11. The highest BCUT2D eigenvalue weighted by Gasteiger charge is 2.10. The predicted molar refractivity (Wildman–Crippen MR) is 55.4 cm³/mol. The van der Waals surface area contributed by atoms with Gasteiger partial charge in [-0.15, -0.1) is 0 Å². The first-order valence-electron chi connectivity index (χ1n) is 4.75. The van der Waals surface area contributed by atoms with Crippen molar-refractivity contribution in [1.29, 1.82) is 5.41 Å². The van der Waals surface area contributed by atoms with Gasteiger partial charge in [-0.05, 0) is 12.8 Å². The second kappa shape index (κ2) is 6.37. The highest BCUT2D eigenvalue weighted by atomic mass is 16.4. The monoisotopic (exact) mass is 201 g/mol. The number of carboxylic acids is 1. The third-order valence-corrected chi connectivity index (χ3v) is 1.90. The Labute approximate surface area is 84.2 Å². The normalized spacial score (nSPS) is 12.6. The lowest BCUT2D eigenvalue weighted by Crippen LogP contribution is -2.32. The van der Waals surface area contributed by atoms with Crippen LogP contribution in [0.4, 0.5) is 0 Å². The van der Waals surface area contributed by atoms with Crippen LogP contribution < -0.4 is 11.1 Å². The summed E-state index contributed by atoms with van der Waals surface area (Å²) in [5.74, 6) is -0.305.